The molecule has 3 rings (SSSR count). The average molecular weight is 201 g/mol. The fraction of sp³-hybridized carbons (Fsp3) is 0.571. The minimum Gasteiger partial charge on any atom is -0.311 e. The van der Waals surface area contributed by atoms with E-state index in [1.54, 1.807) is 11.1 Å². The van der Waals surface area contributed by atoms with Crippen molar-refractivity contribution in [3.8, 4) is 0 Å². The maximum Gasteiger partial charge on any atom is 0.0118 e. The molecule has 2 bridgehead atoms. The van der Waals surface area contributed by atoms with Crippen LogP contribution in [0.2, 0.25) is 0 Å². The van der Waals surface area contributed by atoms with Crippen molar-refractivity contribution in [1.29, 1.82) is 0 Å². The van der Waals surface area contributed by atoms with Crippen LogP contribution in [0.3, 0.4) is 0 Å². The van der Waals surface area contributed by atoms with Crippen LogP contribution in [0.25, 0.3) is 0 Å². The highest BCUT2D eigenvalue weighted by Gasteiger charge is 2.41. The van der Waals surface area contributed by atoms with Gasteiger partial charge >= 0.3 is 0 Å². The molecule has 0 radical (unpaired) electrons. The van der Waals surface area contributed by atoms with Crippen LogP contribution in [0.5, 0.6) is 0 Å². The van der Waals surface area contributed by atoms with E-state index in [0.717, 1.165) is 0 Å². The number of piperidine rings is 1. The van der Waals surface area contributed by atoms with Crippen molar-refractivity contribution in [3.63, 3.8) is 0 Å². The Morgan fingerprint density at radius 1 is 1.27 bits per heavy atom. The molecule has 1 heteroatoms. The Kier molecular flexibility index (Phi) is 1.93. The lowest BCUT2D eigenvalue weighted by Crippen LogP contribution is -2.53. The molecule has 1 aromatic carbocycles. The summed E-state index contributed by atoms with van der Waals surface area (Å²) >= 11 is 0. The van der Waals surface area contributed by atoms with Gasteiger partial charge in [0.05, 0.1) is 0 Å². The Hall–Kier alpha value is -0.820. The predicted molar refractivity (Wildman–Crippen MR) is 63.1 cm³/mol. The zero-order chi connectivity index (χ0) is 10.5. The molecule has 0 amide bonds. The molecule has 1 aliphatic carbocycles. The highest BCUT2D eigenvalue weighted by molar-refractivity contribution is 5.38. The second kappa shape index (κ2) is 3.08. The Balaban J connectivity index is 2.10. The first kappa shape index (κ1) is 9.41. The van der Waals surface area contributed by atoms with Gasteiger partial charge in [-0.2, -0.15) is 0 Å². The van der Waals surface area contributed by atoms with Crippen LogP contribution in [0.15, 0.2) is 24.3 Å². The van der Waals surface area contributed by atoms with Crippen molar-refractivity contribution in [1.82, 2.24) is 5.32 Å². The topological polar surface area (TPSA) is 12.0 Å². The van der Waals surface area contributed by atoms with Gasteiger partial charge in [0.2, 0.25) is 0 Å². The van der Waals surface area contributed by atoms with Gasteiger partial charge < -0.3 is 5.32 Å². The average Bonchev–Trinajstić information content (AvgIpc) is 2.15. The van der Waals surface area contributed by atoms with E-state index in [0.29, 0.717) is 17.5 Å². The molecule has 80 valence electrons. The standard InChI is InChI=1S/C14H19N/c1-10-8-14(2)9-12(15-10)7-11-5-3-4-6-13(11)14/h3-6,10,12,15H,7-9H2,1-2H3/t10-,12-,14-/m1/s1. The summed E-state index contributed by atoms with van der Waals surface area (Å²) in [6, 6.07) is 10.4. The molecule has 0 aromatic heterocycles. The lowest BCUT2D eigenvalue weighted by atomic mass is 9.64. The van der Waals surface area contributed by atoms with Crippen LogP contribution in [-0.4, -0.2) is 12.1 Å². The third-order valence-electron chi connectivity index (χ3n) is 4.11. The van der Waals surface area contributed by atoms with E-state index in [4.69, 9.17) is 0 Å². The summed E-state index contributed by atoms with van der Waals surface area (Å²) in [6.45, 7) is 4.76. The van der Waals surface area contributed by atoms with Crippen molar-refractivity contribution in [3.05, 3.63) is 35.4 Å². The quantitative estimate of drug-likeness (QED) is 0.680. The molecule has 1 N–H and O–H groups in total. The third-order valence-corrected chi connectivity index (χ3v) is 4.11. The van der Waals surface area contributed by atoms with E-state index >= 15 is 0 Å². The number of fused-ring (bicyclic) bond motifs is 4. The second-order valence-corrected chi connectivity index (χ2v) is 5.59. The summed E-state index contributed by atoms with van der Waals surface area (Å²) in [4.78, 5) is 0. The molecule has 1 heterocycles. The minimum absolute atomic E-state index is 0.421. The lowest BCUT2D eigenvalue weighted by Gasteiger charge is -2.47. The van der Waals surface area contributed by atoms with Crippen LogP contribution >= 0.6 is 0 Å². The van der Waals surface area contributed by atoms with Gasteiger partial charge in [0.1, 0.15) is 0 Å². The summed E-state index contributed by atoms with van der Waals surface area (Å²) in [5.74, 6) is 0. The van der Waals surface area contributed by atoms with Gasteiger partial charge in [0.15, 0.2) is 0 Å². The third kappa shape index (κ3) is 1.41. The van der Waals surface area contributed by atoms with E-state index < -0.39 is 0 Å². The van der Waals surface area contributed by atoms with Crippen LogP contribution < -0.4 is 5.32 Å². The molecule has 0 saturated carbocycles. The number of hydrogen-bond acceptors (Lipinski definition) is 1. The van der Waals surface area contributed by atoms with Crippen LogP contribution in [0, 0.1) is 0 Å². The molecule has 3 atom stereocenters. The first-order chi connectivity index (χ1) is 7.17. The van der Waals surface area contributed by atoms with Gasteiger partial charge in [-0.3, -0.25) is 0 Å². The molecule has 15 heavy (non-hydrogen) atoms. The molecule has 0 spiro atoms. The fourth-order valence-corrected chi connectivity index (χ4v) is 3.73. The normalized spacial score (nSPS) is 38.5. The highest BCUT2D eigenvalue weighted by atomic mass is 15.0. The van der Waals surface area contributed by atoms with E-state index in [1.165, 1.54) is 19.3 Å². The Labute approximate surface area is 91.9 Å². The summed E-state index contributed by atoms with van der Waals surface area (Å²) in [6.07, 6.45) is 3.81. The van der Waals surface area contributed by atoms with Crippen LogP contribution in [-0.2, 0) is 11.8 Å². The van der Waals surface area contributed by atoms with E-state index in [9.17, 15) is 0 Å². The van der Waals surface area contributed by atoms with Gasteiger partial charge in [-0.1, -0.05) is 31.2 Å². The zero-order valence-corrected chi connectivity index (χ0v) is 9.59. The van der Waals surface area contributed by atoms with Crippen molar-refractivity contribution in [2.75, 3.05) is 0 Å². The maximum atomic E-state index is 3.71. The fourth-order valence-electron chi connectivity index (χ4n) is 3.73. The Morgan fingerprint density at radius 2 is 2.07 bits per heavy atom. The highest BCUT2D eigenvalue weighted by Crippen LogP contribution is 2.43. The van der Waals surface area contributed by atoms with Gasteiger partial charge in [-0.25, -0.2) is 0 Å². The number of hydrogen-bond donors (Lipinski definition) is 1. The largest absolute Gasteiger partial charge is 0.311 e. The number of rotatable bonds is 0. The van der Waals surface area contributed by atoms with Gasteiger partial charge in [-0.05, 0) is 42.7 Å². The van der Waals surface area contributed by atoms with Crippen LogP contribution in [0.4, 0.5) is 0 Å². The smallest absolute Gasteiger partial charge is 0.0118 e. The summed E-state index contributed by atoms with van der Waals surface area (Å²) in [5, 5.41) is 3.71. The van der Waals surface area contributed by atoms with Gasteiger partial charge in [0.25, 0.3) is 0 Å². The second-order valence-electron chi connectivity index (χ2n) is 5.59. The molecule has 1 aromatic rings. The van der Waals surface area contributed by atoms with Crippen LogP contribution in [0.1, 0.15) is 37.8 Å². The summed E-state index contributed by atoms with van der Waals surface area (Å²) < 4.78 is 0. The minimum atomic E-state index is 0.421. The summed E-state index contributed by atoms with van der Waals surface area (Å²) in [7, 11) is 0. The zero-order valence-electron chi connectivity index (χ0n) is 9.59. The monoisotopic (exact) mass is 201 g/mol. The molecular formula is C14H19N. The Bertz CT molecular complexity index is 385. The molecule has 0 unspecified atom stereocenters. The van der Waals surface area contributed by atoms with E-state index in [-0.39, 0.29) is 0 Å². The van der Waals surface area contributed by atoms with Gasteiger partial charge in [-0.15, -0.1) is 0 Å². The molecule has 1 nitrogen and oxygen atoms in total. The predicted octanol–water partition coefficient (Wildman–Crippen LogP) is 2.64. The molecule has 1 fully saturated rings. The van der Waals surface area contributed by atoms with Crippen molar-refractivity contribution in [2.24, 2.45) is 0 Å². The van der Waals surface area contributed by atoms with E-state index in [1.807, 2.05) is 0 Å². The summed E-state index contributed by atoms with van der Waals surface area (Å²) in [5.41, 5.74) is 3.59. The number of benzene rings is 1. The molecule has 1 aliphatic heterocycles. The molecule has 2 aliphatic rings. The maximum absolute atomic E-state index is 3.71. The van der Waals surface area contributed by atoms with E-state index in [2.05, 4.69) is 43.4 Å². The molecular weight excluding hydrogens is 182 g/mol. The first-order valence-corrected chi connectivity index (χ1v) is 6.02. The van der Waals surface area contributed by atoms with Crippen molar-refractivity contribution in [2.45, 2.75) is 50.6 Å². The first-order valence-electron chi connectivity index (χ1n) is 6.02. The van der Waals surface area contributed by atoms with Crippen molar-refractivity contribution < 1.29 is 0 Å². The number of nitrogens with one attached hydrogen (secondary N) is 1. The van der Waals surface area contributed by atoms with Crippen molar-refractivity contribution >= 4 is 0 Å². The van der Waals surface area contributed by atoms with Gasteiger partial charge in [0, 0.05) is 12.1 Å². The molecule has 1 saturated heterocycles. The lowest BCUT2D eigenvalue weighted by molar-refractivity contribution is 0.207. The SMILES string of the molecule is C[C@@H]1C[C@]2(C)C[C@@H](Cc3ccccc32)N1. The Morgan fingerprint density at radius 3 is 2.93 bits per heavy atom.